The largest absolute Gasteiger partial charge is 0.412 e. The molecule has 0 rings (SSSR count). The van der Waals surface area contributed by atoms with Gasteiger partial charge in [-0.2, -0.15) is 16.8 Å². The molecule has 0 bridgehead atoms. The van der Waals surface area contributed by atoms with E-state index in [0.717, 1.165) is 0 Å². The minimum absolute atomic E-state index is 0. The van der Waals surface area contributed by atoms with Gasteiger partial charge in [0.1, 0.15) is 0 Å². The molecule has 0 aromatic heterocycles. The molecule has 0 radical (unpaired) electrons. The van der Waals surface area contributed by atoms with Gasteiger partial charge in [-0.3, -0.25) is 18.2 Å². The molecule has 19 heteroatoms. The van der Waals surface area contributed by atoms with Crippen molar-refractivity contribution >= 4 is 20.8 Å². The Bertz CT molecular complexity index is 220. The van der Waals surface area contributed by atoms with Gasteiger partial charge in [-0.25, -0.2) is 0 Å². The fourth-order valence-corrected chi connectivity index (χ4v) is 0. The average molecular weight is 394 g/mol. The van der Waals surface area contributed by atoms with Crippen molar-refractivity contribution in [2.75, 3.05) is 0 Å². The fraction of sp³-hybridized carbons (Fsp3) is 0. The predicted molar refractivity (Wildman–Crippen MR) is 60.1 cm³/mol. The van der Waals surface area contributed by atoms with Crippen molar-refractivity contribution in [3.63, 3.8) is 0 Å². The van der Waals surface area contributed by atoms with E-state index in [1.807, 2.05) is 0 Å². The standard InChI is InChI=1S/Fe.2H3N.2H2O4S.6H2O/c;;;2*1-5(2,3)4;;;;;;/h;2*1H3;2*(H2,1,2,3,4);6*1H2. The smallest absolute Gasteiger partial charge is 0.394 e. The maximum absolute atomic E-state index is 8.74. The number of hydrogen-bond acceptors (Lipinski definition) is 6. The third-order valence-corrected chi connectivity index (χ3v) is 0. The van der Waals surface area contributed by atoms with E-state index in [0.29, 0.717) is 0 Å². The van der Waals surface area contributed by atoms with E-state index in [4.69, 9.17) is 35.0 Å². The van der Waals surface area contributed by atoms with Crippen molar-refractivity contribution in [2.24, 2.45) is 0 Å². The summed E-state index contributed by atoms with van der Waals surface area (Å²) in [7, 11) is -9.33. The van der Waals surface area contributed by atoms with Crippen molar-refractivity contribution < 1.29 is 85.0 Å². The topological polar surface area (TPSA) is 408 Å². The Labute approximate surface area is 118 Å². The third kappa shape index (κ3) is 1240000. The van der Waals surface area contributed by atoms with Crippen molar-refractivity contribution in [1.82, 2.24) is 12.3 Å². The zero-order chi connectivity index (χ0) is 9.00. The molecule has 0 saturated heterocycles. The molecule has 0 amide bonds. The van der Waals surface area contributed by atoms with Crippen LogP contribution < -0.4 is 12.3 Å². The SMILES string of the molecule is N.N.O.O.O.O.O.O.O=S(=O)(O)O.O=S(=O)(O)O.[Fe]. The van der Waals surface area contributed by atoms with E-state index in [1.165, 1.54) is 0 Å². The average Bonchev–Trinajstić information content (AvgIpc) is 1.12. The minimum atomic E-state index is -4.67. The molecule has 136 valence electrons. The molecular weight excluding hydrogens is 372 g/mol. The van der Waals surface area contributed by atoms with Crippen LogP contribution in [0.25, 0.3) is 0 Å². The Morgan fingerprint density at radius 2 is 0.474 bits per heavy atom. The van der Waals surface area contributed by atoms with Gasteiger partial charge in [-0.15, -0.1) is 0 Å². The van der Waals surface area contributed by atoms with Gasteiger partial charge in [-0.05, 0) is 0 Å². The van der Waals surface area contributed by atoms with Crippen molar-refractivity contribution in [1.29, 1.82) is 0 Å². The summed E-state index contributed by atoms with van der Waals surface area (Å²) in [4.78, 5) is 0. The summed E-state index contributed by atoms with van der Waals surface area (Å²) in [6, 6.07) is 0. The van der Waals surface area contributed by atoms with Crippen LogP contribution in [-0.2, 0) is 37.9 Å². The van der Waals surface area contributed by atoms with Gasteiger partial charge in [0, 0.05) is 17.1 Å². The maximum Gasteiger partial charge on any atom is 0.394 e. The van der Waals surface area contributed by atoms with Crippen LogP contribution in [-0.4, -0.2) is 67.9 Å². The number of hydrogen-bond donors (Lipinski definition) is 6. The van der Waals surface area contributed by atoms with Gasteiger partial charge in [0.05, 0.1) is 0 Å². The second-order valence-corrected chi connectivity index (χ2v) is 2.69. The predicted octanol–water partition coefficient (Wildman–Crippen LogP) is -5.93. The molecule has 0 aromatic rings. The fourth-order valence-electron chi connectivity index (χ4n) is 0. The molecule has 0 aromatic carbocycles. The Kier molecular flexibility index (Phi) is 184. The van der Waals surface area contributed by atoms with E-state index in [-0.39, 0.29) is 62.2 Å². The molecule has 0 saturated carbocycles. The quantitative estimate of drug-likeness (QED) is 0.167. The van der Waals surface area contributed by atoms with Crippen molar-refractivity contribution in [3.8, 4) is 0 Å². The Morgan fingerprint density at radius 1 is 0.474 bits per heavy atom. The van der Waals surface area contributed by atoms with Gasteiger partial charge in [0.25, 0.3) is 0 Å². The molecule has 0 atom stereocenters. The van der Waals surface area contributed by atoms with Crippen LogP contribution in [0.15, 0.2) is 0 Å². The molecular formula is H22FeN2O14S2. The van der Waals surface area contributed by atoms with E-state index in [1.54, 1.807) is 0 Å². The monoisotopic (exact) mass is 394 g/mol. The Balaban J connectivity index is -0.00000000508. The summed E-state index contributed by atoms with van der Waals surface area (Å²) in [5.41, 5.74) is 0. The maximum atomic E-state index is 8.74. The molecule has 19 heavy (non-hydrogen) atoms. The molecule has 0 aliphatic heterocycles. The molecule has 0 unspecified atom stereocenters. The molecule has 0 spiro atoms. The summed E-state index contributed by atoms with van der Waals surface area (Å²) in [6.45, 7) is 0. The van der Waals surface area contributed by atoms with Gasteiger partial charge >= 0.3 is 20.8 Å². The zero-order valence-electron chi connectivity index (χ0n) is 9.01. The van der Waals surface area contributed by atoms with Crippen molar-refractivity contribution in [2.45, 2.75) is 0 Å². The first kappa shape index (κ1) is 96.7. The van der Waals surface area contributed by atoms with Crippen LogP contribution in [0.3, 0.4) is 0 Å². The first-order valence-electron chi connectivity index (χ1n) is 1.40. The van der Waals surface area contributed by atoms with E-state index >= 15 is 0 Å². The van der Waals surface area contributed by atoms with Crippen LogP contribution in [0.2, 0.25) is 0 Å². The molecule has 0 fully saturated rings. The summed E-state index contributed by atoms with van der Waals surface area (Å²) in [6.07, 6.45) is 0. The normalized spacial score (nSPS) is 6.11. The molecule has 16 nitrogen and oxygen atoms in total. The Morgan fingerprint density at radius 3 is 0.474 bits per heavy atom. The first-order valence-corrected chi connectivity index (χ1v) is 4.19. The zero-order valence-corrected chi connectivity index (χ0v) is 11.7. The van der Waals surface area contributed by atoms with Gasteiger partial charge in [0.15, 0.2) is 0 Å². The van der Waals surface area contributed by atoms with Gasteiger partial charge < -0.3 is 45.2 Å². The Hall–Kier alpha value is -0.0605. The minimum Gasteiger partial charge on any atom is -0.412 e. The van der Waals surface area contributed by atoms with Crippen LogP contribution in [0.5, 0.6) is 0 Å². The molecule has 0 heterocycles. The number of rotatable bonds is 0. The van der Waals surface area contributed by atoms with Gasteiger partial charge in [0.2, 0.25) is 0 Å². The third-order valence-electron chi connectivity index (χ3n) is 0. The van der Waals surface area contributed by atoms with Gasteiger partial charge in [-0.1, -0.05) is 0 Å². The summed E-state index contributed by atoms with van der Waals surface area (Å²) in [5, 5.41) is 0. The van der Waals surface area contributed by atoms with E-state index in [2.05, 4.69) is 0 Å². The first-order chi connectivity index (χ1) is 4.00. The summed E-state index contributed by atoms with van der Waals surface area (Å²) < 4.78 is 63.2. The summed E-state index contributed by atoms with van der Waals surface area (Å²) in [5.74, 6) is 0. The van der Waals surface area contributed by atoms with Crippen LogP contribution >= 0.6 is 0 Å². The molecule has 22 N–H and O–H groups in total. The second kappa shape index (κ2) is 36.1. The van der Waals surface area contributed by atoms with E-state index < -0.39 is 20.8 Å². The van der Waals surface area contributed by atoms with Crippen molar-refractivity contribution in [3.05, 3.63) is 0 Å². The second-order valence-electron chi connectivity index (χ2n) is 0.896. The van der Waals surface area contributed by atoms with Crippen LogP contribution in [0.4, 0.5) is 0 Å². The molecule has 0 aliphatic carbocycles. The molecule has 0 aliphatic rings. The summed E-state index contributed by atoms with van der Waals surface area (Å²) >= 11 is 0. The van der Waals surface area contributed by atoms with Crippen LogP contribution in [0.1, 0.15) is 0 Å². The van der Waals surface area contributed by atoms with Crippen LogP contribution in [0, 0.1) is 0 Å². The van der Waals surface area contributed by atoms with E-state index in [9.17, 15) is 0 Å².